The Morgan fingerprint density at radius 2 is 1.84 bits per heavy atom. The number of piperazine rings is 1. The number of hydrogen-bond acceptors (Lipinski definition) is 7. The summed E-state index contributed by atoms with van der Waals surface area (Å²) in [7, 11) is -5.60. The number of nitrogens with zero attached hydrogens (tertiary/aromatic N) is 4. The largest absolute Gasteiger partial charge is 0.495 e. The number of benzene rings is 1. The van der Waals surface area contributed by atoms with Crippen molar-refractivity contribution in [3.8, 4) is 5.75 Å². The molecule has 0 radical (unpaired) electrons. The van der Waals surface area contributed by atoms with Crippen LogP contribution in [0.15, 0.2) is 23.1 Å². The van der Waals surface area contributed by atoms with E-state index in [1.807, 2.05) is 13.8 Å². The van der Waals surface area contributed by atoms with E-state index in [2.05, 4.69) is 10.00 Å². The molecule has 0 bridgehead atoms. The number of anilines is 1. The molecule has 2 aliphatic rings. The zero-order chi connectivity index (χ0) is 23.3. The number of sulfone groups is 1. The Morgan fingerprint density at radius 1 is 1.16 bits per heavy atom. The van der Waals surface area contributed by atoms with Crippen molar-refractivity contribution in [3.63, 3.8) is 0 Å². The number of aromatic nitrogens is 2. The Morgan fingerprint density at radius 3 is 2.44 bits per heavy atom. The van der Waals surface area contributed by atoms with Gasteiger partial charge in [0.2, 0.25) is 10.0 Å². The van der Waals surface area contributed by atoms with Crippen LogP contribution in [-0.4, -0.2) is 75.7 Å². The van der Waals surface area contributed by atoms with E-state index < -0.39 is 25.7 Å². The Labute approximate surface area is 187 Å². The lowest BCUT2D eigenvalue weighted by Gasteiger charge is -2.35. The van der Waals surface area contributed by atoms with Crippen LogP contribution in [0, 0.1) is 19.7 Å². The maximum atomic E-state index is 13.7. The van der Waals surface area contributed by atoms with Gasteiger partial charge in [0.15, 0.2) is 9.84 Å². The minimum absolute atomic E-state index is 0.0931. The fourth-order valence-corrected chi connectivity index (χ4v) is 7.86. The van der Waals surface area contributed by atoms with Gasteiger partial charge in [0.25, 0.3) is 0 Å². The van der Waals surface area contributed by atoms with Crippen LogP contribution in [-0.2, 0) is 19.9 Å². The monoisotopic (exact) mass is 486 g/mol. The first kappa shape index (κ1) is 23.0. The molecule has 0 saturated carbocycles. The minimum Gasteiger partial charge on any atom is -0.495 e. The van der Waals surface area contributed by atoms with Crippen LogP contribution in [0.25, 0.3) is 0 Å². The molecule has 0 N–H and O–H groups in total. The maximum absolute atomic E-state index is 13.7. The lowest BCUT2D eigenvalue weighted by molar-refractivity contribution is 0.373. The minimum atomic E-state index is -3.92. The molecule has 2 aromatic rings. The number of ether oxygens (including phenoxy) is 1. The van der Waals surface area contributed by atoms with E-state index in [4.69, 9.17) is 4.74 Å². The number of halogens is 1. The molecule has 1 aromatic carbocycles. The second-order valence-corrected chi connectivity index (χ2v) is 12.3. The molecule has 32 heavy (non-hydrogen) atoms. The van der Waals surface area contributed by atoms with E-state index in [-0.39, 0.29) is 41.3 Å². The van der Waals surface area contributed by atoms with E-state index >= 15 is 0 Å². The summed E-state index contributed by atoms with van der Waals surface area (Å²) >= 11 is 0. The molecule has 0 spiro atoms. The van der Waals surface area contributed by atoms with Crippen molar-refractivity contribution in [3.05, 3.63) is 35.4 Å². The van der Waals surface area contributed by atoms with Crippen molar-refractivity contribution in [1.82, 2.24) is 14.1 Å². The topological polar surface area (TPSA) is 102 Å². The molecule has 0 amide bonds. The van der Waals surface area contributed by atoms with Crippen LogP contribution in [0.5, 0.6) is 5.75 Å². The number of hydrogen-bond donors (Lipinski definition) is 0. The summed E-state index contributed by atoms with van der Waals surface area (Å²) in [5, 5.41) is 4.60. The molecule has 2 aliphatic heterocycles. The Balaban J connectivity index is 1.53. The molecule has 4 rings (SSSR count). The van der Waals surface area contributed by atoms with E-state index in [0.29, 0.717) is 19.5 Å². The van der Waals surface area contributed by atoms with Gasteiger partial charge in [-0.2, -0.15) is 9.40 Å². The van der Waals surface area contributed by atoms with E-state index in [0.717, 1.165) is 29.2 Å². The SMILES string of the molecule is COc1ccc(F)cc1S(=O)(=O)N1CCN(c2c(C)nn(C3CCS(=O)(=O)C3)c2C)CC1. The molecule has 9 nitrogen and oxygen atoms in total. The third-order valence-electron chi connectivity index (χ3n) is 6.14. The highest BCUT2D eigenvalue weighted by Gasteiger charge is 2.35. The van der Waals surface area contributed by atoms with Crippen molar-refractivity contribution < 1.29 is 26.0 Å². The highest BCUT2D eigenvalue weighted by molar-refractivity contribution is 7.91. The average Bonchev–Trinajstić information content (AvgIpc) is 3.26. The molecule has 12 heteroatoms. The van der Waals surface area contributed by atoms with Gasteiger partial charge < -0.3 is 9.64 Å². The predicted octanol–water partition coefficient (Wildman–Crippen LogP) is 1.52. The fraction of sp³-hybridized carbons (Fsp3) is 0.550. The van der Waals surface area contributed by atoms with Gasteiger partial charge in [-0.25, -0.2) is 21.2 Å². The van der Waals surface area contributed by atoms with Gasteiger partial charge >= 0.3 is 0 Å². The van der Waals surface area contributed by atoms with Crippen molar-refractivity contribution in [2.24, 2.45) is 0 Å². The zero-order valence-corrected chi connectivity index (χ0v) is 19.9. The molecule has 1 aromatic heterocycles. The van der Waals surface area contributed by atoms with Crippen LogP contribution in [0.4, 0.5) is 10.1 Å². The number of sulfonamides is 1. The predicted molar refractivity (Wildman–Crippen MR) is 118 cm³/mol. The average molecular weight is 487 g/mol. The normalized spacial score (nSPS) is 21.8. The van der Waals surface area contributed by atoms with Crippen molar-refractivity contribution in [2.75, 3.05) is 49.7 Å². The molecule has 1 unspecified atom stereocenters. The molecule has 1 atom stereocenters. The lowest BCUT2D eigenvalue weighted by Crippen LogP contribution is -2.49. The van der Waals surface area contributed by atoms with Crippen LogP contribution in [0.2, 0.25) is 0 Å². The van der Waals surface area contributed by atoms with Crippen molar-refractivity contribution in [1.29, 1.82) is 0 Å². The van der Waals surface area contributed by atoms with Crippen LogP contribution in [0.3, 0.4) is 0 Å². The van der Waals surface area contributed by atoms with Gasteiger partial charge in [0.1, 0.15) is 16.5 Å². The van der Waals surface area contributed by atoms with Gasteiger partial charge in [-0.15, -0.1) is 0 Å². The van der Waals surface area contributed by atoms with Crippen LogP contribution >= 0.6 is 0 Å². The second kappa shape index (κ2) is 8.31. The lowest BCUT2D eigenvalue weighted by atomic mass is 10.2. The summed E-state index contributed by atoms with van der Waals surface area (Å²) in [6.07, 6.45) is 0.547. The maximum Gasteiger partial charge on any atom is 0.246 e. The smallest absolute Gasteiger partial charge is 0.246 e. The molecule has 2 saturated heterocycles. The van der Waals surface area contributed by atoms with Crippen LogP contribution in [0.1, 0.15) is 23.9 Å². The first-order chi connectivity index (χ1) is 15.0. The molecule has 3 heterocycles. The molecule has 2 fully saturated rings. The van der Waals surface area contributed by atoms with Gasteiger partial charge in [-0.3, -0.25) is 4.68 Å². The zero-order valence-electron chi connectivity index (χ0n) is 18.3. The molecular formula is C20H27FN4O5S2. The fourth-order valence-electron chi connectivity index (χ4n) is 4.58. The first-order valence-electron chi connectivity index (χ1n) is 10.4. The first-order valence-corrected chi connectivity index (χ1v) is 13.6. The molecule has 0 aliphatic carbocycles. The quantitative estimate of drug-likeness (QED) is 0.631. The number of rotatable bonds is 5. The van der Waals surface area contributed by atoms with Crippen LogP contribution < -0.4 is 9.64 Å². The molecule has 176 valence electrons. The number of aryl methyl sites for hydroxylation is 1. The van der Waals surface area contributed by atoms with Crippen molar-refractivity contribution >= 4 is 25.5 Å². The van der Waals surface area contributed by atoms with Gasteiger partial charge in [0, 0.05) is 26.2 Å². The summed E-state index contributed by atoms with van der Waals surface area (Å²) in [6.45, 7) is 5.12. The van der Waals surface area contributed by atoms with E-state index in [1.165, 1.54) is 17.5 Å². The second-order valence-electron chi connectivity index (χ2n) is 8.21. The number of methoxy groups -OCH3 is 1. The van der Waals surface area contributed by atoms with Gasteiger partial charge in [-0.1, -0.05) is 0 Å². The highest BCUT2D eigenvalue weighted by atomic mass is 32.2. The Kier molecular flexibility index (Phi) is 5.97. The van der Waals surface area contributed by atoms with E-state index in [1.54, 1.807) is 4.68 Å². The summed E-state index contributed by atoms with van der Waals surface area (Å²) in [4.78, 5) is 1.89. The van der Waals surface area contributed by atoms with Gasteiger partial charge in [0.05, 0.1) is 41.7 Å². The van der Waals surface area contributed by atoms with Gasteiger partial charge in [-0.05, 0) is 38.5 Å². The summed E-state index contributed by atoms with van der Waals surface area (Å²) in [6, 6.07) is 3.28. The third-order valence-corrected chi connectivity index (χ3v) is 9.81. The highest BCUT2D eigenvalue weighted by Crippen LogP contribution is 2.33. The summed E-state index contributed by atoms with van der Waals surface area (Å²) in [5.41, 5.74) is 2.58. The van der Waals surface area contributed by atoms with Crippen molar-refractivity contribution in [2.45, 2.75) is 31.2 Å². The summed E-state index contributed by atoms with van der Waals surface area (Å²) < 4.78 is 72.0. The standard InChI is InChI=1S/C20H27FN4O5S2/c1-14-20(15(2)25(22-14)17-6-11-31(26,27)13-17)23-7-9-24(10-8-23)32(28,29)19-12-16(21)4-5-18(19)30-3/h4-5,12,17H,6-11,13H2,1-3H3. The Hall–Kier alpha value is -2.18. The molecular weight excluding hydrogens is 459 g/mol. The Bertz CT molecular complexity index is 1230. The van der Waals surface area contributed by atoms with E-state index in [9.17, 15) is 21.2 Å². The third kappa shape index (κ3) is 4.11. The summed E-state index contributed by atoms with van der Waals surface area (Å²) in [5.74, 6) is -0.273.